The van der Waals surface area contributed by atoms with Gasteiger partial charge in [0.1, 0.15) is 11.2 Å². The molecule has 1 spiro atoms. The summed E-state index contributed by atoms with van der Waals surface area (Å²) in [5.41, 5.74) is 18.4. The molecular formula is C64H37N5O. The molecule has 4 heterocycles. The summed E-state index contributed by atoms with van der Waals surface area (Å²) in [4.78, 5) is 16.6. The Hall–Kier alpha value is -9.39. The van der Waals surface area contributed by atoms with Gasteiger partial charge in [0.05, 0.1) is 27.5 Å². The van der Waals surface area contributed by atoms with Crippen molar-refractivity contribution >= 4 is 65.6 Å². The van der Waals surface area contributed by atoms with E-state index < -0.39 is 5.41 Å². The third-order valence-electron chi connectivity index (χ3n) is 15.2. The van der Waals surface area contributed by atoms with E-state index in [0.29, 0.717) is 17.7 Å². The van der Waals surface area contributed by atoms with Gasteiger partial charge in [-0.3, -0.25) is 9.13 Å². The Morgan fingerprint density at radius 2 is 0.871 bits per heavy atom. The van der Waals surface area contributed by atoms with Crippen LogP contribution < -0.4 is 0 Å². The second-order valence-corrected chi connectivity index (χ2v) is 18.6. The first-order valence-corrected chi connectivity index (χ1v) is 23.9. The topological polar surface area (TPSA) is 61.7 Å². The molecule has 0 fully saturated rings. The molecule has 10 aromatic carbocycles. The van der Waals surface area contributed by atoms with Gasteiger partial charge in [0.2, 0.25) is 11.9 Å². The molecule has 0 saturated carbocycles. The molecular weight excluding hydrogens is 855 g/mol. The van der Waals surface area contributed by atoms with E-state index in [-0.39, 0.29) is 0 Å². The fourth-order valence-corrected chi connectivity index (χ4v) is 12.5. The maximum Gasteiger partial charge on any atom is 0.240 e. The van der Waals surface area contributed by atoms with Crippen LogP contribution in [-0.4, -0.2) is 24.1 Å². The van der Waals surface area contributed by atoms with Crippen LogP contribution in [0.4, 0.5) is 0 Å². The van der Waals surface area contributed by atoms with Crippen LogP contribution in [0, 0.1) is 0 Å². The van der Waals surface area contributed by atoms with E-state index in [4.69, 9.17) is 19.4 Å². The van der Waals surface area contributed by atoms with Crippen molar-refractivity contribution in [3.05, 3.63) is 247 Å². The van der Waals surface area contributed by atoms with Gasteiger partial charge >= 0.3 is 0 Å². The first kappa shape index (κ1) is 37.7. The van der Waals surface area contributed by atoms with Crippen LogP contribution >= 0.6 is 0 Å². The van der Waals surface area contributed by atoms with Gasteiger partial charge in [0, 0.05) is 43.4 Å². The summed E-state index contributed by atoms with van der Waals surface area (Å²) in [6.07, 6.45) is 0. The Kier molecular flexibility index (Phi) is 7.45. The van der Waals surface area contributed by atoms with Crippen LogP contribution in [0.1, 0.15) is 22.3 Å². The molecule has 0 unspecified atom stereocenters. The molecule has 0 radical (unpaired) electrons. The summed E-state index contributed by atoms with van der Waals surface area (Å²) in [5.74, 6) is 1.60. The Bertz CT molecular complexity index is 4460. The smallest absolute Gasteiger partial charge is 0.240 e. The predicted octanol–water partition coefficient (Wildman–Crippen LogP) is 15.6. The Morgan fingerprint density at radius 1 is 0.343 bits per heavy atom. The van der Waals surface area contributed by atoms with E-state index in [1.165, 1.54) is 44.5 Å². The van der Waals surface area contributed by atoms with E-state index in [9.17, 15) is 0 Å². The fourth-order valence-electron chi connectivity index (χ4n) is 12.5. The van der Waals surface area contributed by atoms with Crippen LogP contribution in [-0.2, 0) is 5.41 Å². The standard InChI is InChI=1S/C64H37N5O/c1-2-17-38(18-3-1)40-25-16-32-56-58(40)48-34-33-39(37-57(48)70-56)61-65-62(68-53-29-13-7-21-43(53)44-22-8-14-30-54(44)68)67-63(66-61)69-55-31-15-9-23-45(55)46-35-36-52-59(60(46)69)47-24-6-12-28-51(47)64(52)49-26-10-4-19-41(49)42-20-5-11-27-50(42)64/h1-37H. The minimum absolute atomic E-state index is 0.519. The number of hydrogen-bond acceptors (Lipinski definition) is 4. The molecule has 0 bridgehead atoms. The molecule has 0 atom stereocenters. The molecule has 14 aromatic rings. The highest BCUT2D eigenvalue weighted by Gasteiger charge is 2.52. The number of aromatic nitrogens is 5. The van der Waals surface area contributed by atoms with E-state index in [1.54, 1.807) is 0 Å². The number of nitrogens with zero attached hydrogens (tertiary/aromatic N) is 5. The van der Waals surface area contributed by atoms with Crippen LogP contribution in [0.5, 0.6) is 0 Å². The van der Waals surface area contributed by atoms with Crippen LogP contribution in [0.3, 0.4) is 0 Å². The molecule has 16 rings (SSSR count). The van der Waals surface area contributed by atoms with E-state index in [0.717, 1.165) is 82.2 Å². The highest BCUT2D eigenvalue weighted by molar-refractivity contribution is 6.17. The lowest BCUT2D eigenvalue weighted by atomic mass is 9.70. The minimum Gasteiger partial charge on any atom is -0.456 e. The van der Waals surface area contributed by atoms with Crippen LogP contribution in [0.25, 0.3) is 122 Å². The average molecular weight is 892 g/mol. The lowest BCUT2D eigenvalue weighted by molar-refractivity contribution is 0.669. The van der Waals surface area contributed by atoms with Crippen LogP contribution in [0.2, 0.25) is 0 Å². The number of benzene rings is 10. The van der Waals surface area contributed by atoms with Crippen molar-refractivity contribution in [1.29, 1.82) is 0 Å². The lowest BCUT2D eigenvalue weighted by Crippen LogP contribution is -2.25. The van der Waals surface area contributed by atoms with Crippen molar-refractivity contribution in [1.82, 2.24) is 24.1 Å². The first-order valence-electron chi connectivity index (χ1n) is 23.9. The normalized spacial score (nSPS) is 13.3. The van der Waals surface area contributed by atoms with Gasteiger partial charge in [-0.25, -0.2) is 0 Å². The molecule has 4 aromatic heterocycles. The molecule has 0 amide bonds. The molecule has 2 aliphatic carbocycles. The SMILES string of the molecule is c1ccc(-c2cccc3oc4cc(-c5nc(-n6c7ccccc7c7ccccc76)nc(-n6c7ccccc7c7ccc8c(c76)-c6ccccc6C86c7ccccc7-c7ccccc76)n5)ccc4c23)cc1. The molecule has 6 nitrogen and oxygen atoms in total. The molecule has 0 saturated heterocycles. The van der Waals surface area contributed by atoms with E-state index in [2.05, 4.69) is 234 Å². The maximum atomic E-state index is 6.71. The molecule has 0 aliphatic heterocycles. The van der Waals surface area contributed by atoms with Gasteiger partial charge in [-0.1, -0.05) is 188 Å². The van der Waals surface area contributed by atoms with Gasteiger partial charge in [0.25, 0.3) is 0 Å². The molecule has 0 N–H and O–H groups in total. The summed E-state index contributed by atoms with van der Waals surface area (Å²) >= 11 is 0. The Labute approximate surface area is 401 Å². The zero-order valence-electron chi connectivity index (χ0n) is 37.5. The first-order chi connectivity index (χ1) is 34.7. The molecule has 70 heavy (non-hydrogen) atoms. The maximum absolute atomic E-state index is 6.71. The summed E-state index contributed by atoms with van der Waals surface area (Å²) in [6, 6.07) is 80.6. The highest BCUT2D eigenvalue weighted by atomic mass is 16.3. The van der Waals surface area contributed by atoms with Crippen molar-refractivity contribution in [2.45, 2.75) is 5.41 Å². The molecule has 324 valence electrons. The van der Waals surface area contributed by atoms with Gasteiger partial charge in [0.15, 0.2) is 5.82 Å². The van der Waals surface area contributed by atoms with E-state index in [1.807, 2.05) is 0 Å². The van der Waals surface area contributed by atoms with Gasteiger partial charge in [-0.15, -0.1) is 0 Å². The van der Waals surface area contributed by atoms with Gasteiger partial charge in [-0.05, 0) is 86.5 Å². The molecule has 6 heteroatoms. The third-order valence-corrected chi connectivity index (χ3v) is 15.2. The second kappa shape index (κ2) is 13.8. The zero-order valence-corrected chi connectivity index (χ0v) is 37.5. The average Bonchev–Trinajstić information content (AvgIpc) is 4.22. The monoisotopic (exact) mass is 891 g/mol. The fraction of sp³-hybridized carbons (Fsp3) is 0.0156. The highest BCUT2D eigenvalue weighted by Crippen LogP contribution is 2.64. The van der Waals surface area contributed by atoms with Crippen molar-refractivity contribution in [3.8, 4) is 56.7 Å². The Morgan fingerprint density at radius 3 is 1.56 bits per heavy atom. The summed E-state index contributed by atoms with van der Waals surface area (Å²) in [6.45, 7) is 0. The number of furan rings is 1. The van der Waals surface area contributed by atoms with E-state index >= 15 is 0 Å². The molecule has 2 aliphatic rings. The minimum atomic E-state index is -0.519. The lowest BCUT2D eigenvalue weighted by Gasteiger charge is -2.30. The number of para-hydroxylation sites is 3. The van der Waals surface area contributed by atoms with Crippen molar-refractivity contribution in [3.63, 3.8) is 0 Å². The van der Waals surface area contributed by atoms with Crippen molar-refractivity contribution < 1.29 is 4.42 Å². The van der Waals surface area contributed by atoms with Crippen LogP contribution in [0.15, 0.2) is 229 Å². The second-order valence-electron chi connectivity index (χ2n) is 18.6. The zero-order chi connectivity index (χ0) is 45.7. The summed E-state index contributed by atoms with van der Waals surface area (Å²) in [5, 5.41) is 6.66. The van der Waals surface area contributed by atoms with Gasteiger partial charge < -0.3 is 4.42 Å². The van der Waals surface area contributed by atoms with Crippen molar-refractivity contribution in [2.24, 2.45) is 0 Å². The number of fused-ring (bicyclic) bond motifs is 20. The largest absolute Gasteiger partial charge is 0.456 e. The summed E-state index contributed by atoms with van der Waals surface area (Å²) in [7, 11) is 0. The quantitative estimate of drug-likeness (QED) is 0.177. The van der Waals surface area contributed by atoms with Crippen molar-refractivity contribution in [2.75, 3.05) is 0 Å². The van der Waals surface area contributed by atoms with Gasteiger partial charge in [-0.2, -0.15) is 15.0 Å². The summed E-state index contributed by atoms with van der Waals surface area (Å²) < 4.78 is 11.2. The predicted molar refractivity (Wildman–Crippen MR) is 283 cm³/mol. The third kappa shape index (κ3) is 4.83. The number of rotatable bonds is 4. The number of hydrogen-bond donors (Lipinski definition) is 0. The Balaban J connectivity index is 1.01.